The molecule has 6 nitrogen and oxygen atoms in total. The van der Waals surface area contributed by atoms with Crippen molar-refractivity contribution >= 4 is 17.6 Å². The van der Waals surface area contributed by atoms with Crippen molar-refractivity contribution in [1.82, 2.24) is 16.0 Å². The second-order valence-corrected chi connectivity index (χ2v) is 7.13. The van der Waals surface area contributed by atoms with Gasteiger partial charge in [0.25, 0.3) is 0 Å². The van der Waals surface area contributed by atoms with Crippen molar-refractivity contribution < 1.29 is 4.79 Å². The average Bonchev–Trinajstić information content (AvgIpc) is 3.42. The van der Waals surface area contributed by atoms with E-state index in [9.17, 15) is 4.79 Å². The van der Waals surface area contributed by atoms with Crippen LogP contribution in [0.3, 0.4) is 0 Å². The average molecular weight is 358 g/mol. The van der Waals surface area contributed by atoms with E-state index < -0.39 is 0 Å². The monoisotopic (exact) mass is 357 g/mol. The first-order chi connectivity index (χ1) is 12.7. The number of rotatable bonds is 8. The molecule has 1 aromatic carbocycles. The first-order valence-corrected chi connectivity index (χ1v) is 9.83. The molecular formula is C20H31N5O. The molecule has 0 radical (unpaired) electrons. The fraction of sp³-hybridized carbons (Fsp3) is 0.600. The normalized spacial score (nSPS) is 17.6. The summed E-state index contributed by atoms with van der Waals surface area (Å²) < 4.78 is 0. The van der Waals surface area contributed by atoms with Crippen LogP contribution in [0.25, 0.3) is 0 Å². The summed E-state index contributed by atoms with van der Waals surface area (Å²) in [7, 11) is 0. The molecular weight excluding hydrogens is 326 g/mol. The predicted octanol–water partition coefficient (Wildman–Crippen LogP) is 1.52. The quantitative estimate of drug-likeness (QED) is 0.375. The second kappa shape index (κ2) is 8.92. The van der Waals surface area contributed by atoms with Gasteiger partial charge in [0.05, 0.1) is 6.54 Å². The maximum atomic E-state index is 11.6. The maximum absolute atomic E-state index is 11.6. The SMILES string of the molecule is CCNC(=NCC(C)N1CCc2ccccc21)NCCNC(=O)C1CC1. The van der Waals surface area contributed by atoms with Crippen molar-refractivity contribution in [2.75, 3.05) is 37.6 Å². The van der Waals surface area contributed by atoms with E-state index in [-0.39, 0.29) is 11.8 Å². The molecule has 1 atom stereocenters. The van der Waals surface area contributed by atoms with Gasteiger partial charge in [-0.1, -0.05) is 18.2 Å². The van der Waals surface area contributed by atoms with Gasteiger partial charge in [0.2, 0.25) is 5.91 Å². The van der Waals surface area contributed by atoms with Crippen molar-refractivity contribution in [1.29, 1.82) is 0 Å². The van der Waals surface area contributed by atoms with Crippen LogP contribution >= 0.6 is 0 Å². The Bertz CT molecular complexity index is 641. The molecule has 1 aromatic rings. The molecule has 2 aliphatic rings. The summed E-state index contributed by atoms with van der Waals surface area (Å²) >= 11 is 0. The lowest BCUT2D eigenvalue weighted by molar-refractivity contribution is -0.122. The largest absolute Gasteiger partial charge is 0.366 e. The smallest absolute Gasteiger partial charge is 0.223 e. The zero-order chi connectivity index (χ0) is 18.4. The molecule has 1 unspecified atom stereocenters. The number of benzene rings is 1. The topological polar surface area (TPSA) is 68.8 Å². The van der Waals surface area contributed by atoms with Crippen LogP contribution in [0.1, 0.15) is 32.3 Å². The standard InChI is InChI=1S/C20H31N5O/c1-3-21-20(23-12-11-22-19(26)17-8-9-17)24-14-15(2)25-13-10-16-6-4-5-7-18(16)25/h4-7,15,17H,3,8-14H2,1-2H3,(H,22,26)(H2,21,23,24). The van der Waals surface area contributed by atoms with Gasteiger partial charge in [0.1, 0.15) is 0 Å². The number of fused-ring (bicyclic) bond motifs is 1. The lowest BCUT2D eigenvalue weighted by Crippen LogP contribution is -2.43. The zero-order valence-electron chi connectivity index (χ0n) is 15.9. The number of hydrogen-bond acceptors (Lipinski definition) is 3. The Morgan fingerprint density at radius 3 is 2.77 bits per heavy atom. The number of amides is 1. The minimum absolute atomic E-state index is 0.190. The summed E-state index contributed by atoms with van der Waals surface area (Å²) in [5.41, 5.74) is 2.77. The van der Waals surface area contributed by atoms with Crippen LogP contribution in [-0.2, 0) is 11.2 Å². The van der Waals surface area contributed by atoms with Crippen LogP contribution in [0.15, 0.2) is 29.3 Å². The number of carbonyl (C=O) groups is 1. The van der Waals surface area contributed by atoms with Crippen molar-refractivity contribution in [3.8, 4) is 0 Å². The fourth-order valence-corrected chi connectivity index (χ4v) is 3.34. The highest BCUT2D eigenvalue weighted by molar-refractivity contribution is 5.81. The number of guanidine groups is 1. The third kappa shape index (κ3) is 4.90. The zero-order valence-corrected chi connectivity index (χ0v) is 15.9. The number of hydrogen-bond donors (Lipinski definition) is 3. The van der Waals surface area contributed by atoms with Gasteiger partial charge < -0.3 is 20.9 Å². The summed E-state index contributed by atoms with van der Waals surface area (Å²) in [6, 6.07) is 8.99. The van der Waals surface area contributed by atoms with Gasteiger partial charge >= 0.3 is 0 Å². The van der Waals surface area contributed by atoms with Crippen molar-refractivity contribution in [3.05, 3.63) is 29.8 Å². The molecule has 0 saturated heterocycles. The molecule has 0 aromatic heterocycles. The van der Waals surface area contributed by atoms with Crippen molar-refractivity contribution in [3.63, 3.8) is 0 Å². The molecule has 6 heteroatoms. The lowest BCUT2D eigenvalue weighted by Gasteiger charge is -2.26. The Hall–Kier alpha value is -2.24. The molecule has 3 N–H and O–H groups in total. The summed E-state index contributed by atoms with van der Waals surface area (Å²) in [6.45, 7) is 8.23. The molecule has 142 valence electrons. The molecule has 1 aliphatic carbocycles. The van der Waals surface area contributed by atoms with Crippen LogP contribution in [0.5, 0.6) is 0 Å². The van der Waals surface area contributed by atoms with Gasteiger partial charge in [-0.25, -0.2) is 0 Å². The number of anilines is 1. The Morgan fingerprint density at radius 2 is 2.00 bits per heavy atom. The number of nitrogens with zero attached hydrogens (tertiary/aromatic N) is 2. The first kappa shape index (κ1) is 18.5. The van der Waals surface area contributed by atoms with E-state index in [0.29, 0.717) is 19.1 Å². The highest BCUT2D eigenvalue weighted by Gasteiger charge is 2.29. The van der Waals surface area contributed by atoms with E-state index in [4.69, 9.17) is 4.99 Å². The van der Waals surface area contributed by atoms with Gasteiger partial charge in [0.15, 0.2) is 5.96 Å². The predicted molar refractivity (Wildman–Crippen MR) is 107 cm³/mol. The Balaban J connectivity index is 1.46. The van der Waals surface area contributed by atoms with Crippen LogP contribution in [0, 0.1) is 5.92 Å². The summed E-state index contributed by atoms with van der Waals surface area (Å²) in [5.74, 6) is 1.27. The van der Waals surface area contributed by atoms with E-state index in [1.165, 1.54) is 11.3 Å². The molecule has 0 spiro atoms. The highest BCUT2D eigenvalue weighted by atomic mass is 16.2. The molecule has 1 saturated carbocycles. The van der Waals surface area contributed by atoms with Gasteiger partial charge in [0, 0.05) is 43.8 Å². The van der Waals surface area contributed by atoms with Crippen LogP contribution < -0.4 is 20.9 Å². The maximum Gasteiger partial charge on any atom is 0.223 e. The number of aliphatic imine (C=N–C) groups is 1. The van der Waals surface area contributed by atoms with Crippen molar-refractivity contribution in [2.24, 2.45) is 10.9 Å². The molecule has 3 rings (SSSR count). The van der Waals surface area contributed by atoms with Gasteiger partial charge in [-0.15, -0.1) is 0 Å². The molecule has 26 heavy (non-hydrogen) atoms. The lowest BCUT2D eigenvalue weighted by atomic mass is 10.2. The molecule has 1 heterocycles. The van der Waals surface area contributed by atoms with E-state index in [1.54, 1.807) is 0 Å². The summed E-state index contributed by atoms with van der Waals surface area (Å²) in [4.78, 5) is 18.8. The van der Waals surface area contributed by atoms with E-state index in [0.717, 1.165) is 44.9 Å². The molecule has 1 aliphatic heterocycles. The van der Waals surface area contributed by atoms with Gasteiger partial charge in [-0.2, -0.15) is 0 Å². The van der Waals surface area contributed by atoms with Crippen LogP contribution in [-0.4, -0.2) is 50.6 Å². The van der Waals surface area contributed by atoms with Crippen LogP contribution in [0.4, 0.5) is 5.69 Å². The Morgan fingerprint density at radius 1 is 1.23 bits per heavy atom. The third-order valence-corrected chi connectivity index (χ3v) is 4.98. The van der Waals surface area contributed by atoms with Gasteiger partial charge in [-0.05, 0) is 44.7 Å². The molecule has 1 amide bonds. The second-order valence-electron chi connectivity index (χ2n) is 7.13. The number of nitrogens with one attached hydrogen (secondary N) is 3. The minimum Gasteiger partial charge on any atom is -0.366 e. The van der Waals surface area contributed by atoms with E-state index >= 15 is 0 Å². The van der Waals surface area contributed by atoms with E-state index in [2.05, 4.69) is 59.0 Å². The summed E-state index contributed by atoms with van der Waals surface area (Å²) in [5, 5.41) is 9.55. The number of para-hydroxylation sites is 1. The fourth-order valence-electron chi connectivity index (χ4n) is 3.34. The highest BCUT2D eigenvalue weighted by Crippen LogP contribution is 2.29. The van der Waals surface area contributed by atoms with E-state index in [1.807, 2.05) is 0 Å². The minimum atomic E-state index is 0.190. The van der Waals surface area contributed by atoms with Gasteiger partial charge in [-0.3, -0.25) is 9.79 Å². The number of carbonyl (C=O) groups excluding carboxylic acids is 1. The third-order valence-electron chi connectivity index (χ3n) is 4.98. The first-order valence-electron chi connectivity index (χ1n) is 9.83. The Labute approximate surface area is 156 Å². The van der Waals surface area contributed by atoms with Crippen LogP contribution in [0.2, 0.25) is 0 Å². The molecule has 0 bridgehead atoms. The summed E-state index contributed by atoms with van der Waals surface area (Å²) in [6.07, 6.45) is 3.20. The van der Waals surface area contributed by atoms with Crippen molar-refractivity contribution in [2.45, 2.75) is 39.2 Å². The Kier molecular flexibility index (Phi) is 6.36. The molecule has 1 fully saturated rings.